The van der Waals surface area contributed by atoms with Crippen molar-refractivity contribution in [3.05, 3.63) is 35.2 Å². The number of halogens is 1. The summed E-state index contributed by atoms with van der Waals surface area (Å²) in [6, 6.07) is 7.10. The highest BCUT2D eigenvalue weighted by atomic mass is 35.5. The monoisotopic (exact) mass is 307 g/mol. The van der Waals surface area contributed by atoms with Gasteiger partial charge in [0.1, 0.15) is 5.54 Å². The summed E-state index contributed by atoms with van der Waals surface area (Å²) in [5, 5.41) is 16.8. The summed E-state index contributed by atoms with van der Waals surface area (Å²) >= 11 is 5.83. The highest BCUT2D eigenvalue weighted by Gasteiger charge is 2.44. The maximum atomic E-state index is 11.2. The van der Waals surface area contributed by atoms with Gasteiger partial charge in [0.05, 0.1) is 6.54 Å². The first kappa shape index (κ1) is 14.0. The number of aromatic nitrogens is 2. The molecule has 2 N–H and O–H groups in total. The number of hydrogen-bond donors (Lipinski definition) is 2. The van der Waals surface area contributed by atoms with Crippen molar-refractivity contribution in [1.29, 1.82) is 0 Å². The smallest absolute Gasteiger partial charge is 0.323 e. The van der Waals surface area contributed by atoms with Crippen molar-refractivity contribution in [3.8, 4) is 11.4 Å². The lowest BCUT2D eigenvalue weighted by atomic mass is 9.77. The zero-order chi connectivity index (χ0) is 14.9. The van der Waals surface area contributed by atoms with Crippen LogP contribution < -0.4 is 5.32 Å². The molecule has 1 heterocycles. The summed E-state index contributed by atoms with van der Waals surface area (Å²) < 4.78 is 5.14. The average molecular weight is 308 g/mol. The molecule has 1 saturated carbocycles. The van der Waals surface area contributed by atoms with Crippen LogP contribution in [0.5, 0.6) is 0 Å². The SMILES string of the molecule is O=C(O)C1(NCc2nc(-c3ccc(Cl)cc3)no2)CCC1. The number of carboxylic acids is 1. The summed E-state index contributed by atoms with van der Waals surface area (Å²) in [5.41, 5.74) is -0.0412. The topological polar surface area (TPSA) is 88.2 Å². The second kappa shape index (κ2) is 5.46. The second-order valence-corrected chi connectivity index (χ2v) is 5.55. The number of rotatable bonds is 5. The van der Waals surface area contributed by atoms with E-state index in [1.807, 2.05) is 0 Å². The summed E-state index contributed by atoms with van der Waals surface area (Å²) in [6.07, 6.45) is 2.17. The minimum Gasteiger partial charge on any atom is -0.480 e. The van der Waals surface area contributed by atoms with E-state index in [-0.39, 0.29) is 6.54 Å². The van der Waals surface area contributed by atoms with Gasteiger partial charge >= 0.3 is 5.97 Å². The van der Waals surface area contributed by atoms with E-state index in [4.69, 9.17) is 16.1 Å². The van der Waals surface area contributed by atoms with Crippen LogP contribution in [0.3, 0.4) is 0 Å². The van der Waals surface area contributed by atoms with Crippen LogP contribution in [-0.4, -0.2) is 26.8 Å². The molecule has 2 aromatic rings. The summed E-state index contributed by atoms with van der Waals surface area (Å²) in [6.45, 7) is 0.243. The number of aliphatic carboxylic acids is 1. The molecule has 0 amide bonds. The Labute approximate surface area is 126 Å². The molecule has 7 heteroatoms. The number of carbonyl (C=O) groups is 1. The van der Waals surface area contributed by atoms with Crippen molar-refractivity contribution in [2.45, 2.75) is 31.3 Å². The molecule has 0 spiro atoms. The molecule has 6 nitrogen and oxygen atoms in total. The Hall–Kier alpha value is -1.92. The maximum Gasteiger partial charge on any atom is 0.323 e. The zero-order valence-corrected chi connectivity index (χ0v) is 11.9. The molecular formula is C14H14ClN3O3. The van der Waals surface area contributed by atoms with Gasteiger partial charge in [-0.15, -0.1) is 0 Å². The summed E-state index contributed by atoms with van der Waals surface area (Å²) in [4.78, 5) is 15.5. The van der Waals surface area contributed by atoms with E-state index in [0.717, 1.165) is 12.0 Å². The molecule has 110 valence electrons. The first-order chi connectivity index (χ1) is 10.1. The Morgan fingerprint density at radius 1 is 1.38 bits per heavy atom. The highest BCUT2D eigenvalue weighted by Crippen LogP contribution is 2.32. The molecule has 1 aromatic carbocycles. The van der Waals surface area contributed by atoms with Crippen LogP contribution in [-0.2, 0) is 11.3 Å². The standard InChI is InChI=1S/C14H14ClN3O3/c15-10-4-2-9(3-5-10)12-17-11(21-18-12)8-16-14(13(19)20)6-1-7-14/h2-5,16H,1,6-8H2,(H,19,20). The fourth-order valence-electron chi connectivity index (χ4n) is 2.28. The summed E-state index contributed by atoms with van der Waals surface area (Å²) in [7, 11) is 0. The van der Waals surface area contributed by atoms with Crippen LogP contribution in [0.4, 0.5) is 0 Å². The molecule has 0 aliphatic heterocycles. The van der Waals surface area contributed by atoms with Crippen LogP contribution >= 0.6 is 11.6 Å². The van der Waals surface area contributed by atoms with Gasteiger partial charge < -0.3 is 9.63 Å². The fourth-order valence-corrected chi connectivity index (χ4v) is 2.41. The van der Waals surface area contributed by atoms with Gasteiger partial charge in [-0.3, -0.25) is 10.1 Å². The van der Waals surface area contributed by atoms with E-state index in [0.29, 0.717) is 29.6 Å². The van der Waals surface area contributed by atoms with Crippen molar-refractivity contribution >= 4 is 17.6 Å². The average Bonchev–Trinajstić information content (AvgIpc) is 2.87. The molecule has 0 unspecified atom stereocenters. The predicted octanol–water partition coefficient (Wildman–Crippen LogP) is 2.49. The lowest BCUT2D eigenvalue weighted by Crippen LogP contribution is -2.56. The molecule has 1 aliphatic carbocycles. The molecule has 0 saturated heterocycles. The first-order valence-electron chi connectivity index (χ1n) is 6.66. The van der Waals surface area contributed by atoms with Gasteiger partial charge in [0, 0.05) is 10.6 Å². The van der Waals surface area contributed by atoms with Crippen LogP contribution in [0.25, 0.3) is 11.4 Å². The van der Waals surface area contributed by atoms with E-state index in [9.17, 15) is 9.90 Å². The molecule has 0 radical (unpaired) electrons. The van der Waals surface area contributed by atoms with E-state index in [1.165, 1.54) is 0 Å². The van der Waals surface area contributed by atoms with Crippen molar-refractivity contribution in [2.75, 3.05) is 0 Å². The number of hydrogen-bond acceptors (Lipinski definition) is 5. The molecule has 1 aromatic heterocycles. The third kappa shape index (κ3) is 2.77. The van der Waals surface area contributed by atoms with Gasteiger partial charge in [-0.1, -0.05) is 16.8 Å². The fraction of sp³-hybridized carbons (Fsp3) is 0.357. The lowest BCUT2D eigenvalue weighted by molar-refractivity contribution is -0.149. The molecule has 21 heavy (non-hydrogen) atoms. The van der Waals surface area contributed by atoms with Crippen LogP contribution in [0.1, 0.15) is 25.2 Å². The molecular weight excluding hydrogens is 294 g/mol. The van der Waals surface area contributed by atoms with Crippen molar-refractivity contribution in [2.24, 2.45) is 0 Å². The van der Waals surface area contributed by atoms with E-state index in [2.05, 4.69) is 15.5 Å². The highest BCUT2D eigenvalue weighted by molar-refractivity contribution is 6.30. The molecule has 0 bridgehead atoms. The van der Waals surface area contributed by atoms with Crippen molar-refractivity contribution in [1.82, 2.24) is 15.5 Å². The van der Waals surface area contributed by atoms with Gasteiger partial charge in [-0.25, -0.2) is 0 Å². The van der Waals surface area contributed by atoms with Crippen molar-refractivity contribution < 1.29 is 14.4 Å². The van der Waals surface area contributed by atoms with Gasteiger partial charge in [-0.05, 0) is 43.5 Å². The zero-order valence-electron chi connectivity index (χ0n) is 11.2. The minimum atomic E-state index is -0.838. The minimum absolute atomic E-state index is 0.243. The van der Waals surface area contributed by atoms with E-state index >= 15 is 0 Å². The van der Waals surface area contributed by atoms with Gasteiger partial charge in [0.25, 0.3) is 0 Å². The van der Waals surface area contributed by atoms with Crippen LogP contribution in [0, 0.1) is 0 Å². The third-order valence-corrected chi connectivity index (χ3v) is 4.02. The largest absolute Gasteiger partial charge is 0.480 e. The molecule has 1 aliphatic rings. The lowest BCUT2D eigenvalue weighted by Gasteiger charge is -2.38. The predicted molar refractivity (Wildman–Crippen MR) is 75.8 cm³/mol. The maximum absolute atomic E-state index is 11.2. The molecule has 3 rings (SSSR count). The van der Waals surface area contributed by atoms with Crippen LogP contribution in [0.15, 0.2) is 28.8 Å². The number of benzene rings is 1. The Balaban J connectivity index is 1.68. The van der Waals surface area contributed by atoms with Crippen molar-refractivity contribution in [3.63, 3.8) is 0 Å². The molecule has 1 fully saturated rings. The van der Waals surface area contributed by atoms with Gasteiger partial charge in [0.2, 0.25) is 11.7 Å². The Morgan fingerprint density at radius 2 is 2.10 bits per heavy atom. The van der Waals surface area contributed by atoms with Gasteiger partial charge in [-0.2, -0.15) is 4.98 Å². The first-order valence-corrected chi connectivity index (χ1v) is 7.04. The van der Waals surface area contributed by atoms with E-state index < -0.39 is 11.5 Å². The Morgan fingerprint density at radius 3 is 2.67 bits per heavy atom. The van der Waals surface area contributed by atoms with Crippen LogP contribution in [0.2, 0.25) is 5.02 Å². The van der Waals surface area contributed by atoms with E-state index in [1.54, 1.807) is 24.3 Å². The quantitative estimate of drug-likeness (QED) is 0.882. The summed E-state index contributed by atoms with van der Waals surface area (Å²) in [5.74, 6) is 0.000108. The van der Waals surface area contributed by atoms with Gasteiger partial charge in [0.15, 0.2) is 0 Å². The number of nitrogens with zero attached hydrogens (tertiary/aromatic N) is 2. The number of nitrogens with one attached hydrogen (secondary N) is 1. The molecule has 0 atom stereocenters. The normalized spacial score (nSPS) is 16.4. The number of carboxylic acid groups (broad SMARTS) is 1. The third-order valence-electron chi connectivity index (χ3n) is 3.77. The second-order valence-electron chi connectivity index (χ2n) is 5.11. The Kier molecular flexibility index (Phi) is 3.65. The Bertz CT molecular complexity index is 650.